The Kier molecular flexibility index (Phi) is 15.4. The number of carbonyl (C=O) groups is 3. The van der Waals surface area contributed by atoms with Gasteiger partial charge in [0, 0.05) is 0 Å². The summed E-state index contributed by atoms with van der Waals surface area (Å²) in [7, 11) is 0. The van der Waals surface area contributed by atoms with Crippen LogP contribution in [0.2, 0.25) is 0 Å². The third kappa shape index (κ3) is 11.6. The molecule has 0 aromatic rings. The van der Waals surface area contributed by atoms with Crippen molar-refractivity contribution in [3.8, 4) is 0 Å². The fourth-order valence-corrected chi connectivity index (χ4v) is 7.54. The molecular weight excluding hydrogens is 564 g/mol. The van der Waals surface area contributed by atoms with Crippen LogP contribution < -0.4 is 0 Å². The van der Waals surface area contributed by atoms with Gasteiger partial charge in [0.1, 0.15) is 11.7 Å². The molecule has 6 heteroatoms. The Hall–Kier alpha value is -1.59. The number of carbonyl (C=O) groups excluding carboxylic acids is 3. The molecule has 0 atom stereocenters. The quantitative estimate of drug-likeness (QED) is 0.166. The molecule has 0 aliphatic heterocycles. The SMILES string of the molecule is CCC(C)(C)C(=O)OC1CCC(C(C)(C)C)CC1.CCC(C)(C)C(=O)OCC(=O)OC(CC)(C1CCCCC1)C1CCCCC1. The Morgan fingerprint density at radius 2 is 1.00 bits per heavy atom. The van der Waals surface area contributed by atoms with Crippen LogP contribution in [-0.2, 0) is 28.6 Å². The summed E-state index contributed by atoms with van der Waals surface area (Å²) < 4.78 is 17.2. The zero-order valence-corrected chi connectivity index (χ0v) is 31.0. The van der Waals surface area contributed by atoms with Gasteiger partial charge in [-0.05, 0) is 121 Å². The van der Waals surface area contributed by atoms with Crippen LogP contribution in [0.3, 0.4) is 0 Å². The Balaban J connectivity index is 0.000000341. The molecule has 45 heavy (non-hydrogen) atoms. The molecule has 0 aromatic heterocycles. The Bertz CT molecular complexity index is 890. The van der Waals surface area contributed by atoms with Gasteiger partial charge in [0.05, 0.1) is 10.8 Å². The minimum absolute atomic E-state index is 0.0239. The maximum atomic E-state index is 12.7. The molecule has 3 aliphatic rings. The van der Waals surface area contributed by atoms with E-state index in [0.29, 0.717) is 23.7 Å². The molecular formula is C39H70O6. The van der Waals surface area contributed by atoms with Crippen molar-refractivity contribution < 1.29 is 28.6 Å². The molecule has 262 valence electrons. The van der Waals surface area contributed by atoms with Crippen LogP contribution in [-0.4, -0.2) is 36.2 Å². The first-order valence-electron chi connectivity index (χ1n) is 18.6. The first kappa shape index (κ1) is 39.6. The third-order valence-corrected chi connectivity index (χ3v) is 11.8. The first-order valence-corrected chi connectivity index (χ1v) is 18.6. The number of rotatable bonds is 11. The number of hydrogen-bond acceptors (Lipinski definition) is 6. The normalized spacial score (nSPS) is 22.5. The maximum Gasteiger partial charge on any atom is 0.344 e. The van der Waals surface area contributed by atoms with E-state index in [1.54, 1.807) is 0 Å². The highest BCUT2D eigenvalue weighted by Gasteiger charge is 2.47. The predicted octanol–water partition coefficient (Wildman–Crippen LogP) is 10.4. The van der Waals surface area contributed by atoms with Gasteiger partial charge in [-0.15, -0.1) is 0 Å². The summed E-state index contributed by atoms with van der Waals surface area (Å²) in [4.78, 5) is 37.0. The zero-order chi connectivity index (χ0) is 33.9. The van der Waals surface area contributed by atoms with E-state index in [-0.39, 0.29) is 41.6 Å². The van der Waals surface area contributed by atoms with Crippen molar-refractivity contribution in [1.29, 1.82) is 0 Å². The van der Waals surface area contributed by atoms with Crippen molar-refractivity contribution in [2.24, 2.45) is 34.0 Å². The van der Waals surface area contributed by atoms with Gasteiger partial charge in [-0.25, -0.2) is 4.79 Å². The van der Waals surface area contributed by atoms with E-state index in [9.17, 15) is 14.4 Å². The first-order chi connectivity index (χ1) is 21.0. The second-order valence-electron chi connectivity index (χ2n) is 16.7. The molecule has 0 unspecified atom stereocenters. The van der Waals surface area contributed by atoms with Gasteiger partial charge in [0.25, 0.3) is 0 Å². The van der Waals surface area contributed by atoms with Crippen molar-refractivity contribution in [3.63, 3.8) is 0 Å². The third-order valence-electron chi connectivity index (χ3n) is 11.8. The lowest BCUT2D eigenvalue weighted by atomic mass is 9.65. The maximum absolute atomic E-state index is 12.7. The lowest BCUT2D eigenvalue weighted by Gasteiger charge is -2.48. The minimum Gasteiger partial charge on any atom is -0.462 e. The molecule has 3 fully saturated rings. The Labute approximate surface area is 276 Å². The average Bonchev–Trinajstić information content (AvgIpc) is 3.03. The van der Waals surface area contributed by atoms with Crippen molar-refractivity contribution in [2.45, 2.75) is 190 Å². The van der Waals surface area contributed by atoms with Crippen molar-refractivity contribution >= 4 is 17.9 Å². The number of ether oxygens (including phenoxy) is 3. The summed E-state index contributed by atoms with van der Waals surface area (Å²) in [6, 6.07) is 0. The lowest BCUT2D eigenvalue weighted by Crippen LogP contribution is -2.50. The lowest BCUT2D eigenvalue weighted by molar-refractivity contribution is -0.190. The molecule has 3 aliphatic carbocycles. The predicted molar refractivity (Wildman–Crippen MR) is 183 cm³/mol. The van der Waals surface area contributed by atoms with Gasteiger partial charge in [0.2, 0.25) is 0 Å². The Morgan fingerprint density at radius 1 is 0.556 bits per heavy atom. The van der Waals surface area contributed by atoms with Gasteiger partial charge in [-0.3, -0.25) is 9.59 Å². The van der Waals surface area contributed by atoms with Crippen molar-refractivity contribution in [1.82, 2.24) is 0 Å². The Morgan fingerprint density at radius 3 is 1.40 bits per heavy atom. The fourth-order valence-electron chi connectivity index (χ4n) is 7.54. The van der Waals surface area contributed by atoms with Crippen LogP contribution in [0.5, 0.6) is 0 Å². The topological polar surface area (TPSA) is 78.9 Å². The summed E-state index contributed by atoms with van der Waals surface area (Å²) in [5, 5.41) is 0. The standard InChI is InChI=1S/C23H40O4.C16H30O2/c1-5-22(3,4)21(25)26-17-20(24)27-23(6-2,18-13-9-7-10-14-18)19-15-11-8-12-16-19;1-7-16(5,6)14(17)18-13-10-8-12(9-11-13)15(2,3)4/h18-19H,5-17H2,1-4H3;12-13H,7-11H2,1-6H3. The van der Waals surface area contributed by atoms with Crippen LogP contribution in [0.4, 0.5) is 0 Å². The van der Waals surface area contributed by atoms with E-state index < -0.39 is 5.41 Å². The second kappa shape index (κ2) is 17.5. The van der Waals surface area contributed by atoms with E-state index in [0.717, 1.165) is 57.3 Å². The van der Waals surface area contributed by atoms with E-state index in [4.69, 9.17) is 14.2 Å². The van der Waals surface area contributed by atoms with Gasteiger partial charge >= 0.3 is 17.9 Å². The highest BCUT2D eigenvalue weighted by Crippen LogP contribution is 2.47. The molecule has 0 bridgehead atoms. The van der Waals surface area contributed by atoms with Crippen molar-refractivity contribution in [3.05, 3.63) is 0 Å². The van der Waals surface area contributed by atoms with Gasteiger partial charge < -0.3 is 14.2 Å². The summed E-state index contributed by atoms with van der Waals surface area (Å²) in [5.41, 5.74) is -0.877. The van der Waals surface area contributed by atoms with Crippen LogP contribution in [0.15, 0.2) is 0 Å². The summed E-state index contributed by atoms with van der Waals surface area (Å²) in [6.07, 6.45) is 19.1. The molecule has 0 radical (unpaired) electrons. The molecule has 0 aromatic carbocycles. The minimum atomic E-state index is -0.561. The van der Waals surface area contributed by atoms with Gasteiger partial charge in [0.15, 0.2) is 6.61 Å². The van der Waals surface area contributed by atoms with E-state index in [1.807, 2.05) is 41.5 Å². The second-order valence-corrected chi connectivity index (χ2v) is 16.7. The summed E-state index contributed by atoms with van der Waals surface area (Å²) in [5.74, 6) is 0.959. The average molecular weight is 635 g/mol. The van der Waals surface area contributed by atoms with Crippen molar-refractivity contribution in [2.75, 3.05) is 6.61 Å². The molecule has 0 heterocycles. The van der Waals surface area contributed by atoms with E-state index in [1.165, 1.54) is 51.4 Å². The summed E-state index contributed by atoms with van der Waals surface area (Å²) >= 11 is 0. The molecule has 0 spiro atoms. The number of hydrogen-bond donors (Lipinski definition) is 0. The molecule has 0 saturated heterocycles. The smallest absolute Gasteiger partial charge is 0.344 e. The van der Waals surface area contributed by atoms with Gasteiger partial charge in [-0.2, -0.15) is 0 Å². The molecule has 3 saturated carbocycles. The molecule has 0 N–H and O–H groups in total. The monoisotopic (exact) mass is 635 g/mol. The van der Waals surface area contributed by atoms with E-state index >= 15 is 0 Å². The van der Waals surface area contributed by atoms with Crippen LogP contribution in [0, 0.1) is 34.0 Å². The largest absolute Gasteiger partial charge is 0.462 e. The van der Waals surface area contributed by atoms with Crippen LogP contribution in [0.25, 0.3) is 0 Å². The highest BCUT2D eigenvalue weighted by atomic mass is 16.6. The highest BCUT2D eigenvalue weighted by molar-refractivity contribution is 5.80. The molecule has 6 nitrogen and oxygen atoms in total. The number of esters is 3. The molecule has 0 amide bonds. The molecule has 3 rings (SSSR count). The zero-order valence-electron chi connectivity index (χ0n) is 31.0. The summed E-state index contributed by atoms with van der Waals surface area (Å²) in [6.45, 7) is 20.5. The van der Waals surface area contributed by atoms with E-state index in [2.05, 4.69) is 27.7 Å². The fraction of sp³-hybridized carbons (Fsp3) is 0.923. The van der Waals surface area contributed by atoms with Crippen LogP contribution in [0.1, 0.15) is 178 Å². The van der Waals surface area contributed by atoms with Gasteiger partial charge in [-0.1, -0.05) is 80.1 Å². The van der Waals surface area contributed by atoms with Crippen LogP contribution >= 0.6 is 0 Å².